The predicted octanol–water partition coefficient (Wildman–Crippen LogP) is 3.78. The fourth-order valence-corrected chi connectivity index (χ4v) is 5.55. The second-order valence-corrected chi connectivity index (χ2v) is 7.59. The van der Waals surface area contributed by atoms with Crippen molar-refractivity contribution in [3.05, 3.63) is 53.6 Å². The third kappa shape index (κ3) is 1.41. The number of hydrogen-bond acceptors (Lipinski definition) is 3. The van der Waals surface area contributed by atoms with Crippen molar-refractivity contribution in [1.82, 2.24) is 10.2 Å². The van der Waals surface area contributed by atoms with Crippen molar-refractivity contribution in [2.45, 2.75) is 31.8 Å². The first-order chi connectivity index (χ1) is 11.8. The van der Waals surface area contributed by atoms with E-state index in [4.69, 9.17) is 4.42 Å². The van der Waals surface area contributed by atoms with Crippen molar-refractivity contribution in [1.29, 1.82) is 0 Å². The van der Waals surface area contributed by atoms with Gasteiger partial charge in [0.1, 0.15) is 5.76 Å². The van der Waals surface area contributed by atoms with Crippen LogP contribution >= 0.6 is 0 Å². The van der Waals surface area contributed by atoms with Crippen LogP contribution in [-0.4, -0.2) is 21.4 Å². The number of rotatable bonds is 1. The molecule has 0 radical (unpaired) electrons. The number of aliphatic hydroxyl groups is 1. The summed E-state index contributed by atoms with van der Waals surface area (Å²) in [6, 6.07) is 8.21. The summed E-state index contributed by atoms with van der Waals surface area (Å²) in [4.78, 5) is 0. The summed E-state index contributed by atoms with van der Waals surface area (Å²) < 4.78 is 5.72. The van der Waals surface area contributed by atoms with E-state index in [0.717, 1.165) is 42.5 Å². The molecule has 2 bridgehead atoms. The van der Waals surface area contributed by atoms with Gasteiger partial charge in [0.2, 0.25) is 0 Å². The molecular formula is C20H18N2O2. The average Bonchev–Trinajstić information content (AvgIpc) is 3.35. The minimum atomic E-state index is -0.423. The minimum Gasteiger partial charge on any atom is -0.465 e. The maximum atomic E-state index is 11.0. The number of H-pyrrole nitrogens is 1. The van der Waals surface area contributed by atoms with Gasteiger partial charge >= 0.3 is 0 Å². The van der Waals surface area contributed by atoms with Gasteiger partial charge in [0.05, 0.1) is 24.1 Å². The maximum absolute atomic E-state index is 11.0. The van der Waals surface area contributed by atoms with Gasteiger partial charge in [-0.05, 0) is 66.5 Å². The van der Waals surface area contributed by atoms with Crippen molar-refractivity contribution in [3.63, 3.8) is 0 Å². The number of aromatic nitrogens is 2. The highest BCUT2D eigenvalue weighted by Gasteiger charge is 2.55. The monoisotopic (exact) mass is 318 g/mol. The summed E-state index contributed by atoms with van der Waals surface area (Å²) in [6.45, 7) is 0. The number of aromatic amines is 1. The predicted molar refractivity (Wildman–Crippen MR) is 91.1 cm³/mol. The third-order valence-corrected chi connectivity index (χ3v) is 6.50. The van der Waals surface area contributed by atoms with Crippen LogP contribution in [0.15, 0.2) is 41.1 Å². The summed E-state index contributed by atoms with van der Waals surface area (Å²) in [5.41, 5.74) is 6.29. The average molecular weight is 318 g/mol. The van der Waals surface area contributed by atoms with Gasteiger partial charge in [-0.1, -0.05) is 6.07 Å². The van der Waals surface area contributed by atoms with Crippen LogP contribution in [0.25, 0.3) is 22.0 Å². The van der Waals surface area contributed by atoms with Crippen molar-refractivity contribution >= 4 is 22.0 Å². The quantitative estimate of drug-likeness (QED) is 0.717. The minimum absolute atomic E-state index is 0.167. The van der Waals surface area contributed by atoms with E-state index in [0.29, 0.717) is 5.92 Å². The molecule has 1 fully saturated rings. The number of fused-ring (bicyclic) bond motifs is 5. The standard InChI is InChI=1S/C20H18N2O2/c23-19-11-5-6-20(8-11)9-13-12(3-4-15-14(13)10-21-22-15)18(20)17(19)16-2-1-7-24-16/h1-4,7,10-11,19,23H,5-6,8-9H2,(H,21,22)/t11-,19+,20+/m1/s1. The molecule has 3 aliphatic carbocycles. The summed E-state index contributed by atoms with van der Waals surface area (Å²) in [7, 11) is 0. The van der Waals surface area contributed by atoms with Crippen LogP contribution in [0, 0.1) is 11.3 Å². The van der Waals surface area contributed by atoms with Crippen LogP contribution in [0.2, 0.25) is 0 Å². The molecule has 0 saturated heterocycles. The van der Waals surface area contributed by atoms with E-state index in [2.05, 4.69) is 22.3 Å². The maximum Gasteiger partial charge on any atom is 0.132 e. The molecule has 24 heavy (non-hydrogen) atoms. The Morgan fingerprint density at radius 3 is 3.12 bits per heavy atom. The van der Waals surface area contributed by atoms with Gasteiger partial charge in [0.25, 0.3) is 0 Å². The summed E-state index contributed by atoms with van der Waals surface area (Å²) in [5, 5.41) is 19.6. The number of furan rings is 1. The second-order valence-electron chi connectivity index (χ2n) is 7.59. The molecular weight excluding hydrogens is 300 g/mol. The molecule has 1 aromatic carbocycles. The number of benzene rings is 1. The number of nitrogens with one attached hydrogen (secondary N) is 1. The first-order valence-corrected chi connectivity index (χ1v) is 8.69. The zero-order valence-electron chi connectivity index (χ0n) is 13.2. The molecule has 0 aliphatic heterocycles. The molecule has 120 valence electrons. The number of aliphatic hydroxyl groups excluding tert-OH is 1. The normalized spacial score (nSPS) is 30.9. The third-order valence-electron chi connectivity index (χ3n) is 6.50. The van der Waals surface area contributed by atoms with Crippen LogP contribution < -0.4 is 0 Å². The van der Waals surface area contributed by atoms with Crippen LogP contribution in [-0.2, 0) is 6.42 Å². The SMILES string of the molecule is O[C@@H]1C(c2ccco2)=C2c3ccc4[nH]ncc4c3C[C@@]23CC[C@@H]1C3. The zero-order valence-corrected chi connectivity index (χ0v) is 13.2. The number of nitrogens with zero attached hydrogens (tertiary/aromatic N) is 1. The Hall–Kier alpha value is -2.33. The Morgan fingerprint density at radius 2 is 2.25 bits per heavy atom. The van der Waals surface area contributed by atoms with Crippen molar-refractivity contribution in [2.24, 2.45) is 11.3 Å². The molecule has 4 nitrogen and oxygen atoms in total. The topological polar surface area (TPSA) is 62.1 Å². The van der Waals surface area contributed by atoms with E-state index in [9.17, 15) is 5.11 Å². The van der Waals surface area contributed by atoms with E-state index in [1.54, 1.807) is 6.26 Å². The molecule has 0 amide bonds. The van der Waals surface area contributed by atoms with Crippen molar-refractivity contribution in [2.75, 3.05) is 0 Å². The lowest BCUT2D eigenvalue weighted by molar-refractivity contribution is 0.150. The van der Waals surface area contributed by atoms with Gasteiger partial charge in [-0.2, -0.15) is 5.10 Å². The summed E-state index contributed by atoms with van der Waals surface area (Å²) >= 11 is 0. The molecule has 2 N–H and O–H groups in total. The van der Waals surface area contributed by atoms with Gasteiger partial charge in [-0.3, -0.25) is 5.10 Å². The van der Waals surface area contributed by atoms with E-state index < -0.39 is 6.10 Å². The molecule has 1 spiro atoms. The first kappa shape index (κ1) is 13.0. The van der Waals surface area contributed by atoms with Gasteiger partial charge in [-0.25, -0.2) is 0 Å². The molecule has 2 heterocycles. The zero-order chi connectivity index (χ0) is 15.9. The molecule has 6 rings (SSSR count). The lowest BCUT2D eigenvalue weighted by Crippen LogP contribution is -2.30. The Kier molecular flexibility index (Phi) is 2.27. The highest BCUT2D eigenvalue weighted by molar-refractivity contribution is 6.02. The Bertz CT molecular complexity index is 998. The van der Waals surface area contributed by atoms with Gasteiger partial charge < -0.3 is 9.52 Å². The highest BCUT2D eigenvalue weighted by Crippen LogP contribution is 2.65. The number of allylic oxidation sites excluding steroid dienone is 1. The van der Waals surface area contributed by atoms with Gasteiger partial charge in [-0.15, -0.1) is 0 Å². The van der Waals surface area contributed by atoms with Gasteiger partial charge in [0.15, 0.2) is 0 Å². The summed E-state index contributed by atoms with van der Waals surface area (Å²) in [5.74, 6) is 1.18. The molecule has 2 aromatic heterocycles. The Balaban J connectivity index is 1.72. The van der Waals surface area contributed by atoms with Crippen molar-refractivity contribution in [3.8, 4) is 0 Å². The van der Waals surface area contributed by atoms with E-state index >= 15 is 0 Å². The molecule has 4 heteroatoms. The molecule has 1 saturated carbocycles. The van der Waals surface area contributed by atoms with Crippen LogP contribution in [0.5, 0.6) is 0 Å². The van der Waals surface area contributed by atoms with E-state index in [1.807, 2.05) is 18.3 Å². The number of hydrogen-bond donors (Lipinski definition) is 2. The molecule has 3 aromatic rings. The molecule has 3 aliphatic rings. The fraction of sp³-hybridized carbons (Fsp3) is 0.350. The van der Waals surface area contributed by atoms with Crippen LogP contribution in [0.3, 0.4) is 0 Å². The van der Waals surface area contributed by atoms with E-state index in [-0.39, 0.29) is 5.41 Å². The highest BCUT2D eigenvalue weighted by atomic mass is 16.3. The lowest BCUT2D eigenvalue weighted by atomic mass is 9.70. The largest absolute Gasteiger partial charge is 0.465 e. The van der Waals surface area contributed by atoms with Gasteiger partial charge in [0, 0.05) is 16.4 Å². The smallest absolute Gasteiger partial charge is 0.132 e. The van der Waals surface area contributed by atoms with Crippen molar-refractivity contribution < 1.29 is 9.52 Å². The lowest BCUT2D eigenvalue weighted by Gasteiger charge is -2.35. The molecule has 0 unspecified atom stereocenters. The van der Waals surface area contributed by atoms with Crippen LogP contribution in [0.4, 0.5) is 0 Å². The Labute approximate surface area is 139 Å². The summed E-state index contributed by atoms with van der Waals surface area (Å²) in [6.07, 6.45) is 7.61. The molecule has 3 atom stereocenters. The Morgan fingerprint density at radius 1 is 1.29 bits per heavy atom. The first-order valence-electron chi connectivity index (χ1n) is 8.69. The van der Waals surface area contributed by atoms with E-state index in [1.165, 1.54) is 22.1 Å². The van der Waals surface area contributed by atoms with Crippen LogP contribution in [0.1, 0.15) is 36.1 Å². The second kappa shape index (κ2) is 4.19. The fourth-order valence-electron chi connectivity index (χ4n) is 5.55.